The highest BCUT2D eigenvalue weighted by atomic mass is 16.5. The van der Waals surface area contributed by atoms with Crippen LogP contribution in [0.3, 0.4) is 0 Å². The number of hydrogen-bond acceptors (Lipinski definition) is 4. The maximum atomic E-state index is 13.3. The van der Waals surface area contributed by atoms with Crippen molar-refractivity contribution in [3.05, 3.63) is 65.2 Å². The van der Waals surface area contributed by atoms with E-state index in [1.54, 1.807) is 12.0 Å². The minimum atomic E-state index is -0.512. The Morgan fingerprint density at radius 1 is 0.914 bits per heavy atom. The third-order valence-corrected chi connectivity index (χ3v) is 6.38. The highest BCUT2D eigenvalue weighted by molar-refractivity contribution is 5.98. The lowest BCUT2D eigenvalue weighted by atomic mass is 10.0. The molecule has 6 nitrogen and oxygen atoms in total. The summed E-state index contributed by atoms with van der Waals surface area (Å²) in [6.45, 7) is 9.30. The number of nitrogens with zero attached hydrogens (tertiary/aromatic N) is 1. The van der Waals surface area contributed by atoms with Crippen molar-refractivity contribution in [2.45, 2.75) is 64.7 Å². The molecule has 35 heavy (non-hydrogen) atoms. The minimum absolute atomic E-state index is 0.0741. The average Bonchev–Trinajstić information content (AvgIpc) is 2.82. The van der Waals surface area contributed by atoms with E-state index in [0.717, 1.165) is 28.8 Å². The molecule has 0 saturated heterocycles. The number of carbonyl (C=O) groups excluding carboxylic acids is 2. The number of methoxy groups -OCH3 is 1. The number of para-hydroxylation sites is 1. The molecule has 0 unspecified atom stereocenters. The van der Waals surface area contributed by atoms with Crippen molar-refractivity contribution in [3.8, 4) is 0 Å². The van der Waals surface area contributed by atoms with Crippen LogP contribution in [-0.4, -0.2) is 43.3 Å². The van der Waals surface area contributed by atoms with Gasteiger partial charge in [0.15, 0.2) is 0 Å². The monoisotopic (exact) mass is 478 g/mol. The number of amides is 2. The Morgan fingerprint density at radius 2 is 1.57 bits per heavy atom. The second kappa shape index (κ2) is 11.6. The van der Waals surface area contributed by atoms with Gasteiger partial charge >= 0.3 is 0 Å². The lowest BCUT2D eigenvalue weighted by Crippen LogP contribution is -2.41. The first-order valence-corrected chi connectivity index (χ1v) is 12.2. The summed E-state index contributed by atoms with van der Waals surface area (Å²) in [4.78, 5) is 27.6. The number of nitrogens with one attached hydrogen (secondary N) is 1. The van der Waals surface area contributed by atoms with Crippen LogP contribution in [0.1, 0.15) is 63.6 Å². The van der Waals surface area contributed by atoms with Crippen molar-refractivity contribution >= 4 is 29.7 Å². The van der Waals surface area contributed by atoms with Gasteiger partial charge in [0.1, 0.15) is 0 Å². The number of ether oxygens (including phenoxy) is 2. The van der Waals surface area contributed by atoms with Crippen LogP contribution >= 0.6 is 0 Å². The molecule has 188 valence electrons. The molecule has 2 amide bonds. The van der Waals surface area contributed by atoms with Gasteiger partial charge in [-0.15, -0.1) is 0 Å². The zero-order valence-corrected chi connectivity index (χ0v) is 21.6. The van der Waals surface area contributed by atoms with Gasteiger partial charge in [-0.2, -0.15) is 0 Å². The molecule has 0 saturated carbocycles. The van der Waals surface area contributed by atoms with Crippen LogP contribution in [0.2, 0.25) is 0 Å². The summed E-state index contributed by atoms with van der Waals surface area (Å²) in [5.74, 6) is -0.233. The lowest BCUT2D eigenvalue weighted by Gasteiger charge is -2.29. The Hall–Kier alpha value is -2.96. The van der Waals surface area contributed by atoms with Gasteiger partial charge in [-0.1, -0.05) is 54.6 Å². The molecule has 0 fully saturated rings. The summed E-state index contributed by atoms with van der Waals surface area (Å²) in [6.07, 6.45) is 5.14. The third-order valence-electron chi connectivity index (χ3n) is 6.38. The number of fused-ring (bicyclic) bond motifs is 2. The lowest BCUT2D eigenvalue weighted by molar-refractivity contribution is -0.126. The van der Waals surface area contributed by atoms with Gasteiger partial charge in [0.25, 0.3) is 0 Å². The average molecular weight is 479 g/mol. The van der Waals surface area contributed by atoms with Crippen molar-refractivity contribution in [1.29, 1.82) is 0 Å². The normalized spacial score (nSPS) is 14.4. The fourth-order valence-electron chi connectivity index (χ4n) is 3.85. The Balaban J connectivity index is 1.57. The summed E-state index contributed by atoms with van der Waals surface area (Å²) >= 11 is 0. The fraction of sp³-hybridized carbons (Fsp3) is 0.448. The van der Waals surface area contributed by atoms with Crippen molar-refractivity contribution in [3.63, 3.8) is 0 Å². The SMILES string of the molecule is COC(C)(C)CCOC(C)(C)CNC(=O)CCC(=O)N1Cc2ccccc2/C=C\c2ccccc21. The summed E-state index contributed by atoms with van der Waals surface area (Å²) in [5.41, 5.74) is 3.25. The number of carbonyl (C=O) groups is 2. The first-order valence-electron chi connectivity index (χ1n) is 12.2. The zero-order chi connectivity index (χ0) is 25.5. The maximum absolute atomic E-state index is 13.3. The highest BCUT2D eigenvalue weighted by Gasteiger charge is 2.24. The quantitative estimate of drug-likeness (QED) is 0.509. The Kier molecular flexibility index (Phi) is 8.87. The van der Waals surface area contributed by atoms with Crippen LogP contribution in [0.25, 0.3) is 12.2 Å². The highest BCUT2D eigenvalue weighted by Crippen LogP contribution is 2.29. The Labute approximate surface area is 209 Å². The largest absolute Gasteiger partial charge is 0.379 e. The molecule has 3 rings (SSSR count). The number of hydrogen-bond donors (Lipinski definition) is 1. The van der Waals surface area contributed by atoms with Gasteiger partial charge in [-0.3, -0.25) is 9.59 Å². The van der Waals surface area contributed by atoms with E-state index in [1.165, 1.54) is 0 Å². The summed E-state index contributed by atoms with van der Waals surface area (Å²) in [7, 11) is 1.69. The van der Waals surface area contributed by atoms with E-state index in [2.05, 4.69) is 17.5 Å². The first-order chi connectivity index (χ1) is 16.6. The molecule has 0 aliphatic carbocycles. The van der Waals surface area contributed by atoms with E-state index in [9.17, 15) is 9.59 Å². The number of anilines is 1. The second-order valence-corrected chi connectivity index (χ2v) is 10.2. The molecule has 2 aromatic carbocycles. The van der Waals surface area contributed by atoms with Gasteiger partial charge < -0.3 is 19.7 Å². The molecule has 0 aromatic heterocycles. The van der Waals surface area contributed by atoms with Crippen LogP contribution < -0.4 is 10.2 Å². The molecular weight excluding hydrogens is 440 g/mol. The van der Waals surface area contributed by atoms with Crippen LogP contribution in [0.4, 0.5) is 5.69 Å². The van der Waals surface area contributed by atoms with E-state index < -0.39 is 5.60 Å². The molecule has 6 heteroatoms. The number of benzene rings is 2. The molecule has 1 aliphatic heterocycles. The standard InChI is InChI=1S/C29H38N2O4/c1-28(2,34-5)18-19-35-29(3,4)21-30-26(32)16-17-27(33)31-20-24-12-7-6-10-22(24)14-15-23-11-8-9-13-25(23)31/h6-15H,16-21H2,1-5H3,(H,30,32)/b15-14-. The van der Waals surface area contributed by atoms with Gasteiger partial charge in [0.2, 0.25) is 11.8 Å². The van der Waals surface area contributed by atoms with Crippen LogP contribution in [0.15, 0.2) is 48.5 Å². The molecule has 1 N–H and O–H groups in total. The Morgan fingerprint density at radius 3 is 2.31 bits per heavy atom. The predicted octanol–water partition coefficient (Wildman–Crippen LogP) is 5.21. The summed E-state index contributed by atoms with van der Waals surface area (Å²) < 4.78 is 11.4. The molecule has 2 aromatic rings. The molecule has 1 aliphatic rings. The van der Waals surface area contributed by atoms with Crippen molar-refractivity contribution in [1.82, 2.24) is 5.32 Å². The van der Waals surface area contributed by atoms with Crippen LogP contribution in [0, 0.1) is 0 Å². The van der Waals surface area contributed by atoms with Gasteiger partial charge in [-0.25, -0.2) is 0 Å². The van der Waals surface area contributed by atoms with Crippen molar-refractivity contribution in [2.75, 3.05) is 25.2 Å². The van der Waals surface area contributed by atoms with Crippen molar-refractivity contribution < 1.29 is 19.1 Å². The molecule has 1 heterocycles. The van der Waals surface area contributed by atoms with Gasteiger partial charge in [0, 0.05) is 26.5 Å². The fourth-order valence-corrected chi connectivity index (χ4v) is 3.85. The second-order valence-electron chi connectivity index (χ2n) is 10.2. The zero-order valence-electron chi connectivity index (χ0n) is 21.6. The van der Waals surface area contributed by atoms with E-state index >= 15 is 0 Å². The molecule has 0 radical (unpaired) electrons. The van der Waals surface area contributed by atoms with E-state index in [4.69, 9.17) is 9.47 Å². The molecular formula is C29H38N2O4. The van der Waals surface area contributed by atoms with Crippen LogP contribution in [-0.2, 0) is 25.6 Å². The molecule has 0 atom stereocenters. The van der Waals surface area contributed by atoms with Gasteiger partial charge in [0.05, 0.1) is 30.0 Å². The maximum Gasteiger partial charge on any atom is 0.227 e. The summed E-state index contributed by atoms with van der Waals surface area (Å²) in [6, 6.07) is 15.9. The topological polar surface area (TPSA) is 67.9 Å². The van der Waals surface area contributed by atoms with E-state index in [0.29, 0.717) is 19.7 Å². The number of rotatable bonds is 10. The molecule has 0 bridgehead atoms. The Bertz CT molecular complexity index is 1060. The van der Waals surface area contributed by atoms with Crippen LogP contribution in [0.5, 0.6) is 0 Å². The minimum Gasteiger partial charge on any atom is -0.379 e. The van der Waals surface area contributed by atoms with E-state index in [1.807, 2.05) is 76.2 Å². The van der Waals surface area contributed by atoms with Gasteiger partial charge in [-0.05, 0) is 56.9 Å². The molecule has 0 spiro atoms. The van der Waals surface area contributed by atoms with E-state index in [-0.39, 0.29) is 30.3 Å². The summed E-state index contributed by atoms with van der Waals surface area (Å²) in [5, 5.41) is 2.92. The van der Waals surface area contributed by atoms with Crippen molar-refractivity contribution in [2.24, 2.45) is 0 Å². The first kappa shape index (κ1) is 26.6. The predicted molar refractivity (Wildman–Crippen MR) is 141 cm³/mol. The smallest absolute Gasteiger partial charge is 0.227 e. The third kappa shape index (κ3) is 7.77.